The Labute approximate surface area is 107 Å². The van der Waals surface area contributed by atoms with Crippen LogP contribution < -0.4 is 0 Å². The van der Waals surface area contributed by atoms with Crippen molar-refractivity contribution in [3.8, 4) is 0 Å². The van der Waals surface area contributed by atoms with E-state index in [4.69, 9.17) is 14.6 Å². The predicted octanol–water partition coefficient (Wildman–Crippen LogP) is 1.28. The van der Waals surface area contributed by atoms with Crippen molar-refractivity contribution in [2.75, 3.05) is 26.4 Å². The molecular formula is C12H20O6. The van der Waals surface area contributed by atoms with E-state index in [0.29, 0.717) is 6.42 Å². The first kappa shape index (κ1) is 16.4. The number of aliphatic hydroxyl groups is 1. The van der Waals surface area contributed by atoms with Gasteiger partial charge in [-0.1, -0.05) is 20.4 Å². The average molecular weight is 260 g/mol. The van der Waals surface area contributed by atoms with Gasteiger partial charge < -0.3 is 19.3 Å². The minimum Gasteiger partial charge on any atom is -0.462 e. The first-order chi connectivity index (χ1) is 8.41. The molecule has 0 saturated carbocycles. The van der Waals surface area contributed by atoms with Gasteiger partial charge in [0.05, 0.1) is 19.8 Å². The molecule has 0 aliphatic heterocycles. The zero-order valence-corrected chi connectivity index (χ0v) is 10.8. The van der Waals surface area contributed by atoms with E-state index < -0.39 is 17.5 Å². The summed E-state index contributed by atoms with van der Waals surface area (Å²) in [5, 5.41) is 8.94. The molecule has 0 saturated heterocycles. The van der Waals surface area contributed by atoms with Crippen molar-refractivity contribution < 1.29 is 28.9 Å². The Balaban J connectivity index is 3.54. The molecular weight excluding hydrogens is 240 g/mol. The van der Waals surface area contributed by atoms with Crippen molar-refractivity contribution in [3.63, 3.8) is 0 Å². The van der Waals surface area contributed by atoms with Crippen molar-refractivity contribution in [2.45, 2.75) is 20.3 Å². The second-order valence-corrected chi connectivity index (χ2v) is 4.43. The Bertz CT molecular complexity index is 284. The second-order valence-electron chi connectivity index (χ2n) is 4.43. The van der Waals surface area contributed by atoms with Crippen LogP contribution in [0.5, 0.6) is 0 Å². The average Bonchev–Trinajstić information content (AvgIpc) is 2.35. The fourth-order valence-corrected chi connectivity index (χ4v) is 0.788. The van der Waals surface area contributed by atoms with Crippen LogP contribution in [0.25, 0.3) is 0 Å². The highest BCUT2D eigenvalue weighted by Crippen LogP contribution is 2.13. The number of rotatable bonds is 8. The quantitative estimate of drug-likeness (QED) is 0.402. The number of hydrogen-bond acceptors (Lipinski definition) is 6. The third-order valence-electron chi connectivity index (χ3n) is 1.93. The van der Waals surface area contributed by atoms with E-state index in [0.717, 1.165) is 6.08 Å². The molecule has 6 heteroatoms. The lowest BCUT2D eigenvalue weighted by Gasteiger charge is -2.20. The van der Waals surface area contributed by atoms with Crippen molar-refractivity contribution in [3.05, 3.63) is 12.7 Å². The topological polar surface area (TPSA) is 82.1 Å². The first-order valence-corrected chi connectivity index (χ1v) is 5.61. The van der Waals surface area contributed by atoms with E-state index >= 15 is 0 Å². The van der Waals surface area contributed by atoms with Gasteiger partial charge in [0, 0.05) is 17.9 Å². The van der Waals surface area contributed by atoms with Crippen molar-refractivity contribution in [1.29, 1.82) is 0 Å². The van der Waals surface area contributed by atoms with E-state index in [9.17, 15) is 9.59 Å². The van der Waals surface area contributed by atoms with Crippen LogP contribution in [0.1, 0.15) is 20.3 Å². The monoisotopic (exact) mass is 260 g/mol. The molecule has 0 aliphatic rings. The summed E-state index contributed by atoms with van der Waals surface area (Å²) in [4.78, 5) is 21.8. The molecule has 1 N–H and O–H groups in total. The highest BCUT2D eigenvalue weighted by Gasteiger charge is 2.19. The maximum absolute atomic E-state index is 11.1. The standard InChI is InChI=1S/C12H20O6/c1-4-10(14)16-6-5-7-17-11(15)18-9-12(2,3)8-13/h4,13H,1,5-9H2,2-3H3. The molecule has 0 aromatic rings. The van der Waals surface area contributed by atoms with E-state index in [1.165, 1.54) is 0 Å². The van der Waals surface area contributed by atoms with E-state index in [1.807, 2.05) is 0 Å². The molecule has 0 aromatic carbocycles. The van der Waals surface area contributed by atoms with Crippen LogP contribution in [0.2, 0.25) is 0 Å². The smallest absolute Gasteiger partial charge is 0.462 e. The van der Waals surface area contributed by atoms with Crippen molar-refractivity contribution >= 4 is 12.1 Å². The van der Waals surface area contributed by atoms with Gasteiger partial charge >= 0.3 is 12.1 Å². The summed E-state index contributed by atoms with van der Waals surface area (Å²) in [7, 11) is 0. The predicted molar refractivity (Wildman–Crippen MR) is 63.9 cm³/mol. The molecule has 0 spiro atoms. The van der Waals surface area contributed by atoms with E-state index in [1.54, 1.807) is 13.8 Å². The summed E-state index contributed by atoms with van der Waals surface area (Å²) in [6.45, 7) is 7.01. The minimum absolute atomic E-state index is 0.0772. The molecule has 6 nitrogen and oxygen atoms in total. The third kappa shape index (κ3) is 8.58. The zero-order chi connectivity index (χ0) is 14.0. The summed E-state index contributed by atoms with van der Waals surface area (Å²) in [6, 6.07) is 0. The van der Waals surface area contributed by atoms with Gasteiger partial charge in [-0.2, -0.15) is 0 Å². The van der Waals surface area contributed by atoms with Gasteiger partial charge in [0.25, 0.3) is 0 Å². The lowest BCUT2D eigenvalue weighted by molar-refractivity contribution is -0.138. The molecule has 18 heavy (non-hydrogen) atoms. The van der Waals surface area contributed by atoms with Crippen molar-refractivity contribution in [1.82, 2.24) is 0 Å². The van der Waals surface area contributed by atoms with Gasteiger partial charge in [0.15, 0.2) is 0 Å². The molecule has 0 fully saturated rings. The molecule has 104 valence electrons. The van der Waals surface area contributed by atoms with Crippen LogP contribution in [0.3, 0.4) is 0 Å². The van der Waals surface area contributed by atoms with E-state index in [-0.39, 0.29) is 26.4 Å². The van der Waals surface area contributed by atoms with Crippen LogP contribution in [0.15, 0.2) is 12.7 Å². The fraction of sp³-hybridized carbons (Fsp3) is 0.667. The molecule has 0 rings (SSSR count). The van der Waals surface area contributed by atoms with Crippen LogP contribution in [-0.2, 0) is 19.0 Å². The maximum Gasteiger partial charge on any atom is 0.508 e. The van der Waals surface area contributed by atoms with Crippen LogP contribution >= 0.6 is 0 Å². The largest absolute Gasteiger partial charge is 0.508 e. The van der Waals surface area contributed by atoms with Crippen LogP contribution in [0.4, 0.5) is 4.79 Å². The molecule has 0 unspecified atom stereocenters. The number of hydrogen-bond donors (Lipinski definition) is 1. The number of esters is 1. The zero-order valence-electron chi connectivity index (χ0n) is 10.8. The highest BCUT2D eigenvalue weighted by atomic mass is 16.7. The van der Waals surface area contributed by atoms with Gasteiger partial charge in [0.1, 0.15) is 6.61 Å². The van der Waals surface area contributed by atoms with Gasteiger partial charge in [-0.25, -0.2) is 9.59 Å². The Hall–Kier alpha value is -1.56. The molecule has 0 aromatic heterocycles. The Morgan fingerprint density at radius 1 is 1.22 bits per heavy atom. The van der Waals surface area contributed by atoms with Gasteiger partial charge in [-0.05, 0) is 0 Å². The highest BCUT2D eigenvalue weighted by molar-refractivity contribution is 5.81. The third-order valence-corrected chi connectivity index (χ3v) is 1.93. The normalized spacial score (nSPS) is 10.6. The molecule has 0 heterocycles. The lowest BCUT2D eigenvalue weighted by Crippen LogP contribution is -2.26. The Morgan fingerprint density at radius 2 is 1.83 bits per heavy atom. The van der Waals surface area contributed by atoms with Gasteiger partial charge in [-0.3, -0.25) is 0 Å². The number of carbonyl (C=O) groups excluding carboxylic acids is 2. The molecule has 0 aliphatic carbocycles. The molecule has 0 bridgehead atoms. The minimum atomic E-state index is -0.799. The Morgan fingerprint density at radius 3 is 2.39 bits per heavy atom. The second kappa shape index (κ2) is 8.52. The fourth-order valence-electron chi connectivity index (χ4n) is 0.788. The van der Waals surface area contributed by atoms with Gasteiger partial charge in [-0.15, -0.1) is 0 Å². The van der Waals surface area contributed by atoms with Crippen LogP contribution in [-0.4, -0.2) is 43.7 Å². The van der Waals surface area contributed by atoms with Crippen LogP contribution in [0, 0.1) is 5.41 Å². The summed E-state index contributed by atoms with van der Waals surface area (Å²) in [5.41, 5.74) is -0.488. The summed E-state index contributed by atoms with van der Waals surface area (Å²) in [5.74, 6) is -0.512. The Kier molecular flexibility index (Phi) is 7.78. The molecule has 0 atom stereocenters. The number of ether oxygens (including phenoxy) is 3. The van der Waals surface area contributed by atoms with Crippen molar-refractivity contribution in [2.24, 2.45) is 5.41 Å². The lowest BCUT2D eigenvalue weighted by atomic mass is 9.97. The van der Waals surface area contributed by atoms with Gasteiger partial charge in [0.2, 0.25) is 0 Å². The van der Waals surface area contributed by atoms with E-state index in [2.05, 4.69) is 11.3 Å². The SMILES string of the molecule is C=CC(=O)OCCCOC(=O)OCC(C)(C)CO. The summed E-state index contributed by atoms with van der Waals surface area (Å²) >= 11 is 0. The number of carbonyl (C=O) groups is 2. The summed E-state index contributed by atoms with van der Waals surface area (Å²) in [6.07, 6.45) is 0.649. The first-order valence-electron chi connectivity index (χ1n) is 5.61. The molecule has 0 amide bonds. The number of aliphatic hydroxyl groups excluding tert-OH is 1. The molecule has 0 radical (unpaired) electrons. The maximum atomic E-state index is 11.1. The summed E-state index contributed by atoms with van der Waals surface area (Å²) < 4.78 is 14.2.